The molecule has 112 valence electrons. The minimum atomic E-state index is -0.335. The smallest absolute Gasteiger partial charge is 0.229 e. The zero-order valence-electron chi connectivity index (χ0n) is 12.6. The van der Waals surface area contributed by atoms with E-state index in [1.54, 1.807) is 13.4 Å². The summed E-state index contributed by atoms with van der Waals surface area (Å²) in [7, 11) is 1.65. The third-order valence-electron chi connectivity index (χ3n) is 4.06. The predicted molar refractivity (Wildman–Crippen MR) is 75.0 cm³/mol. The van der Waals surface area contributed by atoms with Gasteiger partial charge >= 0.3 is 0 Å². The van der Waals surface area contributed by atoms with Gasteiger partial charge in [0.15, 0.2) is 5.82 Å². The highest BCUT2D eigenvalue weighted by Gasteiger charge is 2.44. The average molecular weight is 280 g/mol. The van der Waals surface area contributed by atoms with Crippen molar-refractivity contribution in [3.63, 3.8) is 0 Å². The number of ether oxygens (including phenoxy) is 1. The zero-order valence-corrected chi connectivity index (χ0v) is 12.6. The van der Waals surface area contributed by atoms with Crippen LogP contribution < -0.4 is 5.32 Å². The molecule has 0 unspecified atom stereocenters. The maximum Gasteiger partial charge on any atom is 0.229 e. The van der Waals surface area contributed by atoms with Crippen molar-refractivity contribution in [1.29, 1.82) is 0 Å². The molecule has 1 aromatic heterocycles. The second-order valence-electron chi connectivity index (χ2n) is 5.64. The first-order valence-electron chi connectivity index (χ1n) is 7.30. The van der Waals surface area contributed by atoms with Gasteiger partial charge in [-0.15, -0.1) is 10.2 Å². The topological polar surface area (TPSA) is 69.0 Å². The van der Waals surface area contributed by atoms with E-state index >= 15 is 0 Å². The SMILES string of the molecule is CCCn1cnnc1[C@H](C)NC(=O)C1(COC)CCC1. The molecule has 1 atom stereocenters. The first-order valence-corrected chi connectivity index (χ1v) is 7.30. The third kappa shape index (κ3) is 2.85. The molecule has 1 fully saturated rings. The Morgan fingerprint density at radius 2 is 2.35 bits per heavy atom. The molecule has 6 heteroatoms. The fraction of sp³-hybridized carbons (Fsp3) is 0.786. The van der Waals surface area contributed by atoms with E-state index in [1.807, 2.05) is 11.5 Å². The molecule has 1 heterocycles. The van der Waals surface area contributed by atoms with Crippen LogP contribution in [0, 0.1) is 5.41 Å². The highest BCUT2D eigenvalue weighted by atomic mass is 16.5. The Morgan fingerprint density at radius 3 is 2.90 bits per heavy atom. The summed E-state index contributed by atoms with van der Waals surface area (Å²) in [5, 5.41) is 11.1. The number of methoxy groups -OCH3 is 1. The molecule has 1 aliphatic carbocycles. The number of hydrogen-bond acceptors (Lipinski definition) is 4. The van der Waals surface area contributed by atoms with Crippen LogP contribution >= 0.6 is 0 Å². The van der Waals surface area contributed by atoms with Gasteiger partial charge in [0.25, 0.3) is 0 Å². The molecule has 1 N–H and O–H groups in total. The van der Waals surface area contributed by atoms with Crippen molar-refractivity contribution in [1.82, 2.24) is 20.1 Å². The van der Waals surface area contributed by atoms with Crippen LogP contribution in [0.15, 0.2) is 6.33 Å². The van der Waals surface area contributed by atoms with Gasteiger partial charge in [-0.1, -0.05) is 13.3 Å². The summed E-state index contributed by atoms with van der Waals surface area (Å²) in [6, 6.07) is -0.133. The van der Waals surface area contributed by atoms with Gasteiger partial charge in [-0.25, -0.2) is 0 Å². The fourth-order valence-electron chi connectivity index (χ4n) is 2.74. The highest BCUT2D eigenvalue weighted by molar-refractivity contribution is 5.84. The Balaban J connectivity index is 2.01. The minimum absolute atomic E-state index is 0.0733. The number of nitrogens with zero attached hydrogens (tertiary/aromatic N) is 3. The molecule has 1 saturated carbocycles. The van der Waals surface area contributed by atoms with Crippen LogP contribution in [0.25, 0.3) is 0 Å². The number of rotatable bonds is 7. The summed E-state index contributed by atoms with van der Waals surface area (Å²) in [6.45, 7) is 5.42. The molecule has 0 spiro atoms. The second-order valence-corrected chi connectivity index (χ2v) is 5.64. The Morgan fingerprint density at radius 1 is 1.60 bits per heavy atom. The van der Waals surface area contributed by atoms with E-state index < -0.39 is 0 Å². The van der Waals surface area contributed by atoms with Crippen LogP contribution in [0.4, 0.5) is 0 Å². The van der Waals surface area contributed by atoms with Crippen molar-refractivity contribution >= 4 is 5.91 Å². The van der Waals surface area contributed by atoms with E-state index in [1.165, 1.54) is 0 Å². The predicted octanol–water partition coefficient (Wildman–Crippen LogP) is 1.68. The fourth-order valence-corrected chi connectivity index (χ4v) is 2.74. The summed E-state index contributed by atoms with van der Waals surface area (Å²) in [6.07, 6.45) is 5.63. The largest absolute Gasteiger partial charge is 0.384 e. The van der Waals surface area contributed by atoms with Gasteiger partial charge in [0.1, 0.15) is 6.33 Å². The molecule has 6 nitrogen and oxygen atoms in total. The minimum Gasteiger partial charge on any atom is -0.384 e. The quantitative estimate of drug-likeness (QED) is 0.825. The van der Waals surface area contributed by atoms with Gasteiger partial charge < -0.3 is 14.6 Å². The first kappa shape index (κ1) is 15.0. The average Bonchev–Trinajstić information content (AvgIpc) is 2.82. The molecular weight excluding hydrogens is 256 g/mol. The number of carbonyl (C=O) groups is 1. The molecule has 1 aliphatic rings. The summed E-state index contributed by atoms with van der Waals surface area (Å²) in [5.74, 6) is 0.885. The summed E-state index contributed by atoms with van der Waals surface area (Å²) in [5.41, 5.74) is -0.335. The third-order valence-corrected chi connectivity index (χ3v) is 4.06. The first-order chi connectivity index (χ1) is 9.63. The lowest BCUT2D eigenvalue weighted by Crippen LogP contribution is -2.49. The van der Waals surface area contributed by atoms with E-state index in [9.17, 15) is 4.79 Å². The highest BCUT2D eigenvalue weighted by Crippen LogP contribution is 2.41. The second kappa shape index (κ2) is 6.35. The van der Waals surface area contributed by atoms with Crippen LogP contribution in [0.2, 0.25) is 0 Å². The van der Waals surface area contributed by atoms with Gasteiger partial charge in [0.05, 0.1) is 18.1 Å². The number of hydrogen-bond donors (Lipinski definition) is 1. The maximum atomic E-state index is 12.5. The Kier molecular flexibility index (Phi) is 4.75. The van der Waals surface area contributed by atoms with E-state index in [0.29, 0.717) is 6.61 Å². The Hall–Kier alpha value is -1.43. The van der Waals surface area contributed by atoms with Crippen molar-refractivity contribution in [3.05, 3.63) is 12.2 Å². The number of amides is 1. The monoisotopic (exact) mass is 280 g/mol. The van der Waals surface area contributed by atoms with Crippen molar-refractivity contribution in [3.8, 4) is 0 Å². The van der Waals surface area contributed by atoms with Crippen LogP contribution in [0.1, 0.15) is 51.4 Å². The lowest BCUT2D eigenvalue weighted by atomic mass is 9.68. The van der Waals surface area contributed by atoms with Crippen LogP contribution in [-0.4, -0.2) is 34.4 Å². The maximum absolute atomic E-state index is 12.5. The molecule has 1 amide bonds. The Bertz CT molecular complexity index is 454. The zero-order chi connectivity index (χ0) is 14.6. The van der Waals surface area contributed by atoms with Crippen LogP contribution in [-0.2, 0) is 16.1 Å². The molecule has 0 bridgehead atoms. The molecule has 0 saturated heterocycles. The van der Waals surface area contributed by atoms with Crippen LogP contribution in [0.3, 0.4) is 0 Å². The lowest BCUT2D eigenvalue weighted by Gasteiger charge is -2.40. The molecule has 0 aliphatic heterocycles. The molecular formula is C14H24N4O2. The van der Waals surface area contributed by atoms with Crippen molar-refractivity contribution in [2.24, 2.45) is 5.41 Å². The lowest BCUT2D eigenvalue weighted by molar-refractivity contribution is -0.141. The van der Waals surface area contributed by atoms with Gasteiger partial charge in [0.2, 0.25) is 5.91 Å². The summed E-state index contributed by atoms with van der Waals surface area (Å²) >= 11 is 0. The Labute approximate surface area is 119 Å². The van der Waals surface area contributed by atoms with E-state index in [-0.39, 0.29) is 17.4 Å². The number of carbonyl (C=O) groups excluding carboxylic acids is 1. The number of aryl methyl sites for hydroxylation is 1. The standard InChI is InChI=1S/C14H24N4O2/c1-4-8-18-10-15-17-12(18)11(2)16-13(19)14(9-20-3)6-5-7-14/h10-11H,4-9H2,1-3H3,(H,16,19)/t11-/m0/s1. The molecule has 20 heavy (non-hydrogen) atoms. The number of nitrogens with one attached hydrogen (secondary N) is 1. The molecule has 0 aromatic carbocycles. The van der Waals surface area contributed by atoms with Crippen molar-refractivity contribution in [2.45, 2.75) is 52.1 Å². The van der Waals surface area contributed by atoms with E-state index in [4.69, 9.17) is 4.74 Å². The van der Waals surface area contributed by atoms with Gasteiger partial charge in [0, 0.05) is 13.7 Å². The molecule has 0 radical (unpaired) electrons. The normalized spacial score (nSPS) is 18.4. The van der Waals surface area contributed by atoms with Crippen LogP contribution in [0.5, 0.6) is 0 Å². The van der Waals surface area contributed by atoms with Gasteiger partial charge in [-0.05, 0) is 26.2 Å². The summed E-state index contributed by atoms with van der Waals surface area (Å²) < 4.78 is 7.21. The van der Waals surface area contributed by atoms with Gasteiger partial charge in [-0.3, -0.25) is 4.79 Å². The molecule has 1 aromatic rings. The van der Waals surface area contributed by atoms with Gasteiger partial charge in [-0.2, -0.15) is 0 Å². The van der Waals surface area contributed by atoms with Crippen molar-refractivity contribution < 1.29 is 9.53 Å². The molecule has 2 rings (SSSR count). The number of aromatic nitrogens is 3. The van der Waals surface area contributed by atoms with E-state index in [2.05, 4.69) is 22.4 Å². The summed E-state index contributed by atoms with van der Waals surface area (Å²) in [4.78, 5) is 12.5. The van der Waals surface area contributed by atoms with E-state index in [0.717, 1.165) is 38.1 Å². The van der Waals surface area contributed by atoms with Crippen molar-refractivity contribution in [2.75, 3.05) is 13.7 Å².